The fourth-order valence-corrected chi connectivity index (χ4v) is 10.8. The SMILES string of the molecule is O=C(NCCC[P+](c1ccccc1)(c1ccccc1)c1ccccc1)OC1CCC2(CC1)OOC1(CCCCC1)OO2. The van der Waals surface area contributed by atoms with E-state index in [1.807, 2.05) is 0 Å². The topological polar surface area (TPSA) is 75.3 Å². The van der Waals surface area contributed by atoms with Crippen molar-refractivity contribution in [3.8, 4) is 0 Å². The van der Waals surface area contributed by atoms with Crippen molar-refractivity contribution in [3.05, 3.63) is 91.0 Å². The molecule has 0 radical (unpaired) electrons. The molecular formula is C34H41NO6P+. The largest absolute Gasteiger partial charge is 0.446 e. The lowest BCUT2D eigenvalue weighted by Crippen LogP contribution is -2.53. The first-order valence-electron chi connectivity index (χ1n) is 15.3. The van der Waals surface area contributed by atoms with E-state index >= 15 is 0 Å². The van der Waals surface area contributed by atoms with E-state index in [0.29, 0.717) is 32.2 Å². The third-order valence-electron chi connectivity index (χ3n) is 8.80. The van der Waals surface area contributed by atoms with E-state index in [9.17, 15) is 4.79 Å². The second kappa shape index (κ2) is 13.2. The number of hydrogen-bond acceptors (Lipinski definition) is 6. The van der Waals surface area contributed by atoms with Gasteiger partial charge >= 0.3 is 6.09 Å². The molecule has 2 aliphatic carbocycles. The average Bonchev–Trinajstić information content (AvgIpc) is 3.06. The number of rotatable bonds is 8. The number of amides is 1. The molecule has 3 fully saturated rings. The van der Waals surface area contributed by atoms with Crippen LogP contribution in [0.25, 0.3) is 0 Å². The molecule has 2 saturated carbocycles. The summed E-state index contributed by atoms with van der Waals surface area (Å²) in [6, 6.07) is 32.4. The second-order valence-electron chi connectivity index (χ2n) is 11.6. The van der Waals surface area contributed by atoms with Gasteiger partial charge < -0.3 is 10.1 Å². The van der Waals surface area contributed by atoms with Crippen molar-refractivity contribution in [3.63, 3.8) is 0 Å². The molecule has 42 heavy (non-hydrogen) atoms. The van der Waals surface area contributed by atoms with E-state index < -0.39 is 18.8 Å². The maximum Gasteiger partial charge on any atom is 0.407 e. The number of benzene rings is 3. The summed E-state index contributed by atoms with van der Waals surface area (Å²) in [5.74, 6) is -1.68. The zero-order valence-electron chi connectivity index (χ0n) is 24.1. The van der Waals surface area contributed by atoms with Crippen molar-refractivity contribution in [2.24, 2.45) is 0 Å². The van der Waals surface area contributed by atoms with Crippen LogP contribution in [0.1, 0.15) is 64.2 Å². The number of ether oxygens (including phenoxy) is 1. The van der Waals surface area contributed by atoms with Gasteiger partial charge in [0.05, 0.1) is 6.16 Å². The number of carbonyl (C=O) groups is 1. The number of hydrogen-bond donors (Lipinski definition) is 1. The first kappa shape index (κ1) is 29.3. The normalized spacial score (nSPS) is 20.3. The van der Waals surface area contributed by atoms with Gasteiger partial charge in [-0.05, 0) is 68.5 Å². The molecule has 1 heterocycles. The van der Waals surface area contributed by atoms with Crippen molar-refractivity contribution in [1.82, 2.24) is 5.32 Å². The van der Waals surface area contributed by atoms with Crippen molar-refractivity contribution in [2.45, 2.75) is 81.9 Å². The zero-order valence-corrected chi connectivity index (χ0v) is 25.0. The van der Waals surface area contributed by atoms with Gasteiger partial charge in [-0.15, -0.1) is 0 Å². The molecule has 0 atom stereocenters. The summed E-state index contributed by atoms with van der Waals surface area (Å²) in [5, 5.41) is 7.04. The maximum atomic E-state index is 12.8. The monoisotopic (exact) mass is 590 g/mol. The quantitative estimate of drug-likeness (QED) is 0.188. The van der Waals surface area contributed by atoms with Gasteiger partial charge in [-0.25, -0.2) is 4.79 Å². The molecule has 6 rings (SSSR count). The standard InChI is InChI=1S/C34H40NO6P/c36-32(37-28-20-24-34(25-21-28)40-38-33(39-41-34)22-11-4-12-23-33)35-26-13-27-42(29-14-5-1-6-15-29,30-16-7-2-8-17-30)31-18-9-3-10-19-31/h1-3,5-10,14-19,28H,4,11-13,20-27H2/p+1. The summed E-state index contributed by atoms with van der Waals surface area (Å²) in [4.78, 5) is 35.8. The fourth-order valence-electron chi connectivity index (χ4n) is 6.49. The van der Waals surface area contributed by atoms with Crippen LogP contribution in [-0.2, 0) is 24.3 Å². The van der Waals surface area contributed by atoms with Crippen molar-refractivity contribution in [1.29, 1.82) is 0 Å². The predicted octanol–water partition coefficient (Wildman–Crippen LogP) is 6.31. The van der Waals surface area contributed by atoms with Crippen LogP contribution >= 0.6 is 7.26 Å². The molecule has 3 aromatic rings. The minimum absolute atomic E-state index is 0.196. The molecule has 1 amide bonds. The van der Waals surface area contributed by atoms with E-state index in [1.165, 1.54) is 22.3 Å². The molecule has 222 valence electrons. The Labute approximate surface area is 249 Å². The summed E-state index contributed by atoms with van der Waals surface area (Å²) in [5.41, 5.74) is 0. The van der Waals surface area contributed by atoms with Crippen LogP contribution in [0.2, 0.25) is 0 Å². The number of alkyl carbamates (subject to hydrolysis) is 1. The predicted molar refractivity (Wildman–Crippen MR) is 164 cm³/mol. The molecule has 1 N–H and O–H groups in total. The third kappa shape index (κ3) is 6.41. The van der Waals surface area contributed by atoms with Gasteiger partial charge in [0.25, 0.3) is 0 Å². The van der Waals surface area contributed by atoms with Crippen LogP contribution in [-0.4, -0.2) is 36.5 Å². The van der Waals surface area contributed by atoms with Gasteiger partial charge in [0.15, 0.2) is 0 Å². The Balaban J connectivity index is 1.03. The summed E-state index contributed by atoms with van der Waals surface area (Å²) < 4.78 is 5.79. The van der Waals surface area contributed by atoms with E-state index in [2.05, 4.69) is 96.3 Å². The Hall–Kier alpha value is -2.80. The minimum atomic E-state index is -1.92. The van der Waals surface area contributed by atoms with Crippen LogP contribution in [0, 0.1) is 0 Å². The molecule has 8 heteroatoms. The van der Waals surface area contributed by atoms with Crippen LogP contribution in [0.5, 0.6) is 0 Å². The minimum Gasteiger partial charge on any atom is -0.446 e. The molecule has 0 bridgehead atoms. The second-order valence-corrected chi connectivity index (χ2v) is 15.3. The van der Waals surface area contributed by atoms with Gasteiger partial charge in [-0.1, -0.05) is 61.0 Å². The Bertz CT molecular complexity index is 1170. The Morgan fingerprint density at radius 2 is 1.14 bits per heavy atom. The smallest absolute Gasteiger partial charge is 0.407 e. The van der Waals surface area contributed by atoms with Crippen LogP contribution in [0.3, 0.4) is 0 Å². The highest BCUT2D eigenvalue weighted by Gasteiger charge is 2.51. The van der Waals surface area contributed by atoms with Crippen LogP contribution < -0.4 is 21.2 Å². The Morgan fingerprint density at radius 1 is 0.690 bits per heavy atom. The molecule has 7 nitrogen and oxygen atoms in total. The lowest BCUT2D eigenvalue weighted by Gasteiger charge is -2.46. The first-order valence-corrected chi connectivity index (χ1v) is 17.3. The average molecular weight is 591 g/mol. The molecule has 0 unspecified atom stereocenters. The molecule has 3 aromatic carbocycles. The maximum absolute atomic E-state index is 12.8. The van der Waals surface area contributed by atoms with E-state index in [4.69, 9.17) is 24.3 Å². The molecule has 2 spiro atoms. The summed E-state index contributed by atoms with van der Waals surface area (Å²) in [6.07, 6.45) is 8.33. The Morgan fingerprint density at radius 3 is 1.62 bits per heavy atom. The lowest BCUT2D eigenvalue weighted by molar-refractivity contribution is -0.663. The Kier molecular flexibility index (Phi) is 9.23. The molecule has 0 aromatic heterocycles. The molecule has 1 aliphatic heterocycles. The molecular weight excluding hydrogens is 549 g/mol. The van der Waals surface area contributed by atoms with Crippen molar-refractivity contribution in [2.75, 3.05) is 12.7 Å². The zero-order chi connectivity index (χ0) is 28.7. The van der Waals surface area contributed by atoms with Crippen molar-refractivity contribution < 1.29 is 29.1 Å². The summed E-state index contributed by atoms with van der Waals surface area (Å²) in [6.45, 7) is 0.541. The van der Waals surface area contributed by atoms with Gasteiger partial charge in [0.2, 0.25) is 11.6 Å². The van der Waals surface area contributed by atoms with Gasteiger partial charge in [-0.2, -0.15) is 19.6 Å². The van der Waals surface area contributed by atoms with Crippen molar-refractivity contribution >= 4 is 29.3 Å². The van der Waals surface area contributed by atoms with E-state index in [1.54, 1.807) is 0 Å². The van der Waals surface area contributed by atoms with Gasteiger partial charge in [0.1, 0.15) is 29.3 Å². The summed E-state index contributed by atoms with van der Waals surface area (Å²) >= 11 is 0. The third-order valence-corrected chi connectivity index (χ3v) is 13.3. The van der Waals surface area contributed by atoms with Gasteiger partial charge in [0, 0.05) is 32.2 Å². The first-order chi connectivity index (χ1) is 20.6. The highest BCUT2D eigenvalue weighted by molar-refractivity contribution is 7.95. The van der Waals surface area contributed by atoms with E-state index in [-0.39, 0.29) is 12.2 Å². The lowest BCUT2D eigenvalue weighted by atomic mass is 9.91. The van der Waals surface area contributed by atoms with Crippen LogP contribution in [0.4, 0.5) is 4.79 Å². The molecule has 1 saturated heterocycles. The number of carbonyl (C=O) groups excluding carboxylic acids is 1. The number of nitrogens with one attached hydrogen (secondary N) is 1. The van der Waals surface area contributed by atoms with E-state index in [0.717, 1.165) is 38.3 Å². The van der Waals surface area contributed by atoms with Crippen LogP contribution in [0.15, 0.2) is 91.0 Å². The molecule has 3 aliphatic rings. The highest BCUT2D eigenvalue weighted by atomic mass is 31.2. The summed E-state index contributed by atoms with van der Waals surface area (Å²) in [7, 11) is -1.92. The highest BCUT2D eigenvalue weighted by Crippen LogP contribution is 2.55. The van der Waals surface area contributed by atoms with Gasteiger partial charge in [-0.3, -0.25) is 0 Å². The fraction of sp³-hybridized carbons (Fsp3) is 0.441.